The van der Waals surface area contributed by atoms with Gasteiger partial charge in [-0.1, -0.05) is 239 Å². The molecule has 4 atom stereocenters. The number of hydrogen-bond donors (Lipinski definition) is 2. The third-order valence-electron chi connectivity index (χ3n) is 24.2. The Balaban J connectivity index is 0.000000289. The predicted octanol–water partition coefficient (Wildman–Crippen LogP) is 27.3. The maximum atomic E-state index is 14.8. The molecule has 8 aromatic rings. The van der Waals surface area contributed by atoms with E-state index in [0.717, 1.165) is 56.9 Å². The Kier molecular flexibility index (Phi) is 36.0. The summed E-state index contributed by atoms with van der Waals surface area (Å²) < 4.78 is 117. The first-order valence-electron chi connectivity index (χ1n) is 42.0. The molecule has 0 aliphatic rings. The summed E-state index contributed by atoms with van der Waals surface area (Å²) in [5.74, 6) is -0.297. The van der Waals surface area contributed by atoms with Crippen LogP contribution in [0.1, 0.15) is 235 Å². The van der Waals surface area contributed by atoms with E-state index in [2.05, 4.69) is 209 Å². The average molecular weight is 1760 g/mol. The molecule has 0 aliphatic heterocycles. The summed E-state index contributed by atoms with van der Waals surface area (Å²) >= 11 is 0. The molecule has 8 rings (SSSR count). The zero-order valence-electron chi connectivity index (χ0n) is 81.0. The van der Waals surface area contributed by atoms with E-state index in [1.807, 2.05) is 102 Å². The molecule has 4 aromatic heterocycles. The van der Waals surface area contributed by atoms with Crippen molar-refractivity contribution < 1.29 is 73.9 Å². The highest BCUT2D eigenvalue weighted by molar-refractivity contribution is 6.75. The number of halogens is 4. The van der Waals surface area contributed by atoms with Crippen molar-refractivity contribution in [3.63, 3.8) is 0 Å². The second kappa shape index (κ2) is 41.6. The second-order valence-corrected chi connectivity index (χ2v) is 61.4. The van der Waals surface area contributed by atoms with Gasteiger partial charge in [0.25, 0.3) is 0 Å². The van der Waals surface area contributed by atoms with E-state index in [0.29, 0.717) is 94.5 Å². The van der Waals surface area contributed by atoms with Crippen LogP contribution in [-0.2, 0) is 53.6 Å². The van der Waals surface area contributed by atoms with Crippen molar-refractivity contribution in [2.24, 2.45) is 21.7 Å². The van der Waals surface area contributed by atoms with Gasteiger partial charge in [-0.2, -0.15) is 0 Å². The summed E-state index contributed by atoms with van der Waals surface area (Å²) in [6.07, 6.45) is 2.68. The van der Waals surface area contributed by atoms with Crippen LogP contribution in [0.3, 0.4) is 0 Å². The predicted molar refractivity (Wildman–Crippen MR) is 500 cm³/mol. The number of rotatable bonds is 26. The first-order valence-corrected chi connectivity index (χ1v) is 53.7. The van der Waals surface area contributed by atoms with Crippen molar-refractivity contribution >= 4 is 33.3 Å². The van der Waals surface area contributed by atoms with Gasteiger partial charge >= 0.3 is 0 Å². The number of pyridine rings is 4. The van der Waals surface area contributed by atoms with Crippen molar-refractivity contribution in [3.05, 3.63) is 190 Å². The van der Waals surface area contributed by atoms with Gasteiger partial charge in [0.1, 0.15) is 23.3 Å². The zero-order chi connectivity index (χ0) is 93.0. The van der Waals surface area contributed by atoms with Crippen molar-refractivity contribution in [2.75, 3.05) is 42.7 Å². The standard InChI is InChI=1S/2C25H38FNO3Si.2C24H36FNO3Si/c2*1-24(2,3)23(29-8)20-13-17(16-30-31(9,10)25(4,5)6)11-12-18(20)19-14-22(28-7)27-15-21(19)26;2*1-23(2,3)22(27)19-12-16(15-29-30(8,9)24(4,5)6)10-11-17(19)18-13-21(28-7)26-14-20(18)25/h2*11-15,23H,16H2,1-10H3;2*10-14,22,27H,15H2,1-9H3/t2*23-;2*22-/m1010/s1. The minimum atomic E-state index is -1.92. The van der Waals surface area contributed by atoms with Crippen LogP contribution in [0, 0.1) is 44.9 Å². The quantitative estimate of drug-likeness (QED) is 0.0385. The number of aliphatic hydroxyl groups is 2. The maximum Gasteiger partial charge on any atom is 0.213 e. The van der Waals surface area contributed by atoms with E-state index in [9.17, 15) is 27.8 Å². The fourth-order valence-corrected chi connectivity index (χ4v) is 16.2. The molecule has 0 amide bonds. The molecule has 0 saturated heterocycles. The van der Waals surface area contributed by atoms with E-state index >= 15 is 0 Å². The number of aliphatic hydroxyl groups excluding tert-OH is 2. The van der Waals surface area contributed by atoms with E-state index in [-0.39, 0.29) is 43.2 Å². The van der Waals surface area contributed by atoms with Crippen molar-refractivity contribution in [2.45, 2.75) is 290 Å². The number of ether oxygens (including phenoxy) is 6. The molecule has 0 spiro atoms. The Labute approximate surface area is 734 Å². The average Bonchev–Trinajstić information content (AvgIpc) is 0.793. The molecule has 24 heteroatoms. The topological polar surface area (TPSA) is 184 Å². The fourth-order valence-electron chi connectivity index (χ4n) is 12.4. The van der Waals surface area contributed by atoms with E-state index in [1.165, 1.54) is 40.8 Å². The second-order valence-electron chi connectivity index (χ2n) is 42.2. The summed E-state index contributed by atoms with van der Waals surface area (Å²) in [4.78, 5) is 15.8. The van der Waals surface area contributed by atoms with Crippen LogP contribution >= 0.6 is 0 Å². The molecule has 4 heterocycles. The van der Waals surface area contributed by atoms with E-state index in [1.54, 1.807) is 38.5 Å². The van der Waals surface area contributed by atoms with E-state index < -0.39 is 79.6 Å². The number of methoxy groups -OCH3 is 6. The van der Waals surface area contributed by atoms with Gasteiger partial charge < -0.3 is 56.3 Å². The van der Waals surface area contributed by atoms with Crippen LogP contribution in [-0.4, -0.2) is 106 Å². The van der Waals surface area contributed by atoms with Gasteiger partial charge in [-0.15, -0.1) is 0 Å². The van der Waals surface area contributed by atoms with Gasteiger partial charge in [-0.3, -0.25) is 0 Å². The van der Waals surface area contributed by atoms with Crippen LogP contribution in [0.15, 0.2) is 122 Å². The molecule has 0 aliphatic carbocycles. The highest BCUT2D eigenvalue weighted by atomic mass is 28.4. The number of hydrogen-bond acceptors (Lipinski definition) is 16. The molecular formula is C98H148F4N4O12Si4. The number of nitrogens with zero attached hydrogens (tertiary/aromatic N) is 4. The van der Waals surface area contributed by atoms with Gasteiger partial charge in [0.05, 0.1) is 104 Å². The molecule has 16 nitrogen and oxygen atoms in total. The molecule has 122 heavy (non-hydrogen) atoms. The maximum absolute atomic E-state index is 14.8. The number of aromatic nitrogens is 4. The molecule has 0 bridgehead atoms. The highest BCUT2D eigenvalue weighted by Crippen LogP contribution is 2.49. The lowest BCUT2D eigenvalue weighted by atomic mass is 9.81. The minimum Gasteiger partial charge on any atom is -0.481 e. The lowest BCUT2D eigenvalue weighted by molar-refractivity contribution is 0.0155. The largest absolute Gasteiger partial charge is 0.481 e. The Morgan fingerprint density at radius 3 is 0.631 bits per heavy atom. The first-order chi connectivity index (χ1) is 55.8. The van der Waals surface area contributed by atoms with Gasteiger partial charge in [0, 0.05) is 60.7 Å². The highest BCUT2D eigenvalue weighted by Gasteiger charge is 2.42. The van der Waals surface area contributed by atoms with Crippen LogP contribution in [0.4, 0.5) is 17.6 Å². The Morgan fingerprint density at radius 1 is 0.279 bits per heavy atom. The Morgan fingerprint density at radius 2 is 0.467 bits per heavy atom. The fraction of sp³-hybridized carbons (Fsp3) is 0.551. The molecule has 0 fully saturated rings. The van der Waals surface area contributed by atoms with Crippen LogP contribution in [0.2, 0.25) is 72.5 Å². The molecule has 0 saturated carbocycles. The van der Waals surface area contributed by atoms with Crippen molar-refractivity contribution in [1.29, 1.82) is 0 Å². The van der Waals surface area contributed by atoms with Gasteiger partial charge in [-0.05, 0) is 161 Å². The van der Waals surface area contributed by atoms with Gasteiger partial charge in [0.2, 0.25) is 23.5 Å². The summed E-state index contributed by atoms with van der Waals surface area (Å²) in [6.45, 7) is 70.9. The monoisotopic (exact) mass is 1760 g/mol. The SMILES string of the molecule is COc1cc(-c2ccc(CO[Si](C)(C)C(C)(C)C)cc2[C@@H](O)C(C)(C)C)c(F)cn1.COc1cc(-c2ccc(CO[Si](C)(C)C(C)(C)C)cc2[C@@H](OC)C(C)(C)C)c(F)cn1.COc1cc(-c2ccc(CO[Si](C)(C)C(C)(C)C)cc2[C@H](O)C(C)(C)C)c(F)cn1.COc1cc(-c2ccc(CO[Si](C)(C)C(C)(C)C)cc2[C@H](OC)C(C)(C)C)c(F)cn1. The van der Waals surface area contributed by atoms with Crippen molar-refractivity contribution in [3.8, 4) is 68.0 Å². The summed E-state index contributed by atoms with van der Waals surface area (Å²) in [5, 5.41) is 22.7. The Hall–Kier alpha value is -7.05. The zero-order valence-corrected chi connectivity index (χ0v) is 85.0. The molecule has 0 radical (unpaired) electrons. The van der Waals surface area contributed by atoms with Crippen LogP contribution in [0.5, 0.6) is 23.5 Å². The lowest BCUT2D eigenvalue weighted by Gasteiger charge is -2.36. The molecular weight excluding hydrogens is 1610 g/mol. The summed E-state index contributed by atoms with van der Waals surface area (Å²) in [6, 6.07) is 30.0. The Bertz CT molecular complexity index is 4460. The third-order valence-corrected chi connectivity index (χ3v) is 42.2. The molecule has 4 aromatic carbocycles. The van der Waals surface area contributed by atoms with Crippen LogP contribution in [0.25, 0.3) is 44.5 Å². The first kappa shape index (κ1) is 105. The summed E-state index contributed by atoms with van der Waals surface area (Å²) in [7, 11) is 1.83. The normalized spacial score (nSPS) is 13.9. The van der Waals surface area contributed by atoms with Crippen LogP contribution < -0.4 is 18.9 Å². The third kappa shape index (κ3) is 28.0. The number of benzene rings is 4. The minimum absolute atomic E-state index is 0.109. The molecule has 2 N–H and O–H groups in total. The summed E-state index contributed by atoms with van der Waals surface area (Å²) in [5.41, 5.74) is 10.5. The molecule has 676 valence electrons. The smallest absolute Gasteiger partial charge is 0.213 e. The molecule has 0 unspecified atom stereocenters. The lowest BCUT2D eigenvalue weighted by Crippen LogP contribution is -2.40. The van der Waals surface area contributed by atoms with Gasteiger partial charge in [0.15, 0.2) is 33.3 Å². The van der Waals surface area contributed by atoms with Gasteiger partial charge in [-0.25, -0.2) is 37.5 Å². The van der Waals surface area contributed by atoms with Crippen molar-refractivity contribution in [1.82, 2.24) is 19.9 Å². The van der Waals surface area contributed by atoms with E-state index in [4.69, 9.17) is 46.1 Å².